The van der Waals surface area contributed by atoms with Crippen molar-refractivity contribution in [3.63, 3.8) is 0 Å². The van der Waals surface area contributed by atoms with Crippen LogP contribution in [-0.4, -0.2) is 46.3 Å². The van der Waals surface area contributed by atoms with Crippen molar-refractivity contribution in [2.45, 2.75) is 47.1 Å². The maximum atomic E-state index is 13.0. The van der Waals surface area contributed by atoms with E-state index in [1.54, 1.807) is 17.1 Å². The smallest absolute Gasteiger partial charge is 0.257 e. The molecular formula is C20H31N3O2. The van der Waals surface area contributed by atoms with Crippen molar-refractivity contribution in [2.75, 3.05) is 19.6 Å². The van der Waals surface area contributed by atoms with Gasteiger partial charge in [0.2, 0.25) is 0 Å². The summed E-state index contributed by atoms with van der Waals surface area (Å²) in [7, 11) is 0. The highest BCUT2D eigenvalue weighted by Crippen LogP contribution is 2.35. The van der Waals surface area contributed by atoms with Crippen LogP contribution in [0.5, 0.6) is 5.75 Å². The molecule has 1 amide bonds. The third-order valence-corrected chi connectivity index (χ3v) is 4.22. The number of phenols is 1. The van der Waals surface area contributed by atoms with Crippen LogP contribution in [0.2, 0.25) is 0 Å². The third kappa shape index (κ3) is 5.30. The van der Waals surface area contributed by atoms with Crippen molar-refractivity contribution >= 4 is 11.6 Å². The molecule has 0 aliphatic carbocycles. The van der Waals surface area contributed by atoms with Crippen molar-refractivity contribution < 1.29 is 9.90 Å². The Labute approximate surface area is 151 Å². The number of benzene rings is 1. The van der Waals surface area contributed by atoms with Gasteiger partial charge >= 0.3 is 0 Å². The zero-order chi connectivity index (χ0) is 18.6. The van der Waals surface area contributed by atoms with Crippen molar-refractivity contribution in [3.05, 3.63) is 29.8 Å². The van der Waals surface area contributed by atoms with Gasteiger partial charge in [-0.25, -0.2) is 5.01 Å². The fourth-order valence-electron chi connectivity index (χ4n) is 3.40. The molecule has 138 valence electrons. The number of rotatable bonds is 7. The molecule has 0 saturated carbocycles. The van der Waals surface area contributed by atoms with Gasteiger partial charge in [0.25, 0.3) is 5.91 Å². The number of hydrogen-bond donors (Lipinski definition) is 1. The highest BCUT2D eigenvalue weighted by Gasteiger charge is 2.33. The molecule has 5 heteroatoms. The minimum atomic E-state index is -0.214. The largest absolute Gasteiger partial charge is 0.508 e. The minimum Gasteiger partial charge on any atom is -0.508 e. The fourth-order valence-corrected chi connectivity index (χ4v) is 3.40. The van der Waals surface area contributed by atoms with Crippen molar-refractivity contribution in [2.24, 2.45) is 16.9 Å². The summed E-state index contributed by atoms with van der Waals surface area (Å²) < 4.78 is 0. The molecule has 0 fully saturated rings. The molecule has 1 N–H and O–H groups in total. The zero-order valence-corrected chi connectivity index (χ0v) is 16.1. The Hall–Kier alpha value is -1.88. The van der Waals surface area contributed by atoms with Gasteiger partial charge in [-0.15, -0.1) is 0 Å². The van der Waals surface area contributed by atoms with E-state index in [1.807, 2.05) is 19.1 Å². The van der Waals surface area contributed by atoms with Gasteiger partial charge in [0.15, 0.2) is 0 Å². The number of hydrazone groups is 1. The summed E-state index contributed by atoms with van der Waals surface area (Å²) >= 11 is 0. The van der Waals surface area contributed by atoms with E-state index in [-0.39, 0.29) is 17.7 Å². The summed E-state index contributed by atoms with van der Waals surface area (Å²) in [6.45, 7) is 12.7. The van der Waals surface area contributed by atoms with Gasteiger partial charge in [-0.05, 0) is 24.8 Å². The molecular weight excluding hydrogens is 314 g/mol. The number of phenolic OH excluding ortho intramolecular Hbond substituents is 1. The summed E-state index contributed by atoms with van der Waals surface area (Å²) in [5.74, 6) is 1.22. The van der Waals surface area contributed by atoms with Crippen molar-refractivity contribution in [3.8, 4) is 5.75 Å². The van der Waals surface area contributed by atoms with Gasteiger partial charge in [-0.1, -0.05) is 45.9 Å². The average Bonchev–Trinajstić information content (AvgIpc) is 2.88. The number of para-hydroxylation sites is 1. The van der Waals surface area contributed by atoms with Gasteiger partial charge in [0.1, 0.15) is 5.75 Å². The van der Waals surface area contributed by atoms with E-state index in [2.05, 4.69) is 37.7 Å². The average molecular weight is 345 g/mol. The lowest BCUT2D eigenvalue weighted by atomic mass is 10.0. The maximum absolute atomic E-state index is 13.0. The molecule has 25 heavy (non-hydrogen) atoms. The highest BCUT2D eigenvalue weighted by molar-refractivity contribution is 5.89. The minimum absolute atomic E-state index is 0.00796. The number of carbonyl (C=O) groups is 1. The SMILES string of the molecule is CC1=NN(C(=O)CN(CC(C)C)CC(C)C)C(c2ccccc2O)C1. The topological polar surface area (TPSA) is 56.1 Å². The first-order valence-corrected chi connectivity index (χ1v) is 9.14. The molecule has 2 rings (SSSR count). The van der Waals surface area contributed by atoms with Gasteiger partial charge in [-0.3, -0.25) is 9.69 Å². The Balaban J connectivity index is 2.15. The fraction of sp³-hybridized carbons (Fsp3) is 0.600. The third-order valence-electron chi connectivity index (χ3n) is 4.22. The Bertz CT molecular complexity index is 615. The number of hydrogen-bond acceptors (Lipinski definition) is 4. The van der Waals surface area contributed by atoms with Crippen LogP contribution in [0.15, 0.2) is 29.4 Å². The quantitative estimate of drug-likeness (QED) is 0.820. The first kappa shape index (κ1) is 19.4. The zero-order valence-electron chi connectivity index (χ0n) is 16.1. The van der Waals surface area contributed by atoms with Crippen LogP contribution in [0.25, 0.3) is 0 Å². The van der Waals surface area contributed by atoms with Crippen LogP contribution < -0.4 is 0 Å². The van der Waals surface area contributed by atoms with Crippen LogP contribution in [0.4, 0.5) is 0 Å². The Morgan fingerprint density at radius 3 is 2.40 bits per heavy atom. The van der Waals surface area contributed by atoms with Gasteiger partial charge in [0.05, 0.1) is 12.6 Å². The molecule has 1 aromatic rings. The van der Waals surface area contributed by atoms with Crippen LogP contribution >= 0.6 is 0 Å². The second-order valence-electron chi connectivity index (χ2n) is 7.83. The van der Waals surface area contributed by atoms with E-state index in [4.69, 9.17) is 0 Å². The van der Waals surface area contributed by atoms with Crippen LogP contribution in [0, 0.1) is 11.8 Å². The normalized spacial score (nSPS) is 17.7. The predicted octanol–water partition coefficient (Wildman–Crippen LogP) is 3.66. The second-order valence-corrected chi connectivity index (χ2v) is 7.83. The molecule has 0 spiro atoms. The summed E-state index contributed by atoms with van der Waals surface area (Å²) in [6.07, 6.45) is 0.664. The monoisotopic (exact) mass is 345 g/mol. The van der Waals surface area contributed by atoms with Crippen molar-refractivity contribution in [1.29, 1.82) is 0 Å². The summed E-state index contributed by atoms with van der Waals surface area (Å²) in [5.41, 5.74) is 1.68. The standard InChI is InChI=1S/C20H31N3O2/c1-14(2)11-22(12-15(3)4)13-20(25)23-18(10-16(5)21-23)17-8-6-7-9-19(17)24/h6-9,14-15,18,24H,10-13H2,1-5H3. The lowest BCUT2D eigenvalue weighted by Crippen LogP contribution is -2.41. The van der Waals surface area contributed by atoms with E-state index in [0.29, 0.717) is 24.8 Å². The number of carbonyl (C=O) groups excluding carboxylic acids is 1. The molecule has 1 unspecified atom stereocenters. The molecule has 1 aromatic carbocycles. The summed E-state index contributed by atoms with van der Waals surface area (Å²) in [5, 5.41) is 16.2. The molecule has 0 saturated heterocycles. The molecule has 0 aromatic heterocycles. The first-order valence-electron chi connectivity index (χ1n) is 9.14. The van der Waals surface area contributed by atoms with Crippen molar-refractivity contribution in [1.82, 2.24) is 9.91 Å². The molecule has 1 heterocycles. The van der Waals surface area contributed by atoms with E-state index >= 15 is 0 Å². The van der Waals surface area contributed by atoms with Crippen LogP contribution in [0.3, 0.4) is 0 Å². The molecule has 0 radical (unpaired) electrons. The van der Waals surface area contributed by atoms with Crippen LogP contribution in [-0.2, 0) is 4.79 Å². The number of aromatic hydroxyl groups is 1. The summed E-state index contributed by atoms with van der Waals surface area (Å²) in [4.78, 5) is 15.2. The molecule has 1 atom stereocenters. The number of nitrogens with zero attached hydrogens (tertiary/aromatic N) is 3. The Kier molecular flexibility index (Phi) is 6.59. The highest BCUT2D eigenvalue weighted by atomic mass is 16.3. The first-order chi connectivity index (χ1) is 11.8. The Morgan fingerprint density at radius 2 is 1.84 bits per heavy atom. The van der Waals surface area contributed by atoms with E-state index in [9.17, 15) is 9.90 Å². The summed E-state index contributed by atoms with van der Waals surface area (Å²) in [6, 6.07) is 6.99. The molecule has 1 aliphatic rings. The second kappa shape index (κ2) is 8.48. The van der Waals surface area contributed by atoms with E-state index in [1.165, 1.54) is 0 Å². The Morgan fingerprint density at radius 1 is 1.24 bits per heavy atom. The molecule has 1 aliphatic heterocycles. The molecule has 0 bridgehead atoms. The van der Waals surface area contributed by atoms with Gasteiger partial charge < -0.3 is 5.11 Å². The maximum Gasteiger partial charge on any atom is 0.257 e. The van der Waals surface area contributed by atoms with E-state index < -0.39 is 0 Å². The lowest BCUT2D eigenvalue weighted by Gasteiger charge is -2.29. The predicted molar refractivity (Wildman–Crippen MR) is 102 cm³/mol. The van der Waals surface area contributed by atoms with Crippen LogP contribution in [0.1, 0.15) is 52.6 Å². The molecule has 5 nitrogen and oxygen atoms in total. The lowest BCUT2D eigenvalue weighted by molar-refractivity contribution is -0.134. The van der Waals surface area contributed by atoms with Gasteiger partial charge in [0, 0.05) is 30.8 Å². The van der Waals surface area contributed by atoms with E-state index in [0.717, 1.165) is 24.4 Å². The van der Waals surface area contributed by atoms with Gasteiger partial charge in [-0.2, -0.15) is 5.10 Å². The number of amides is 1.